The van der Waals surface area contributed by atoms with Crippen molar-refractivity contribution < 1.29 is 9.90 Å². The van der Waals surface area contributed by atoms with E-state index in [0.717, 1.165) is 32.4 Å². The van der Waals surface area contributed by atoms with Crippen LogP contribution in [0.4, 0.5) is 0 Å². The maximum atomic E-state index is 10.4. The first-order valence-corrected chi connectivity index (χ1v) is 4.88. The van der Waals surface area contributed by atoms with E-state index in [1.165, 1.54) is 0 Å². The summed E-state index contributed by atoms with van der Waals surface area (Å²) in [6, 6.07) is 0.175. The van der Waals surface area contributed by atoms with Crippen LogP contribution < -0.4 is 11.1 Å². The second-order valence-corrected chi connectivity index (χ2v) is 3.68. The Kier molecular flexibility index (Phi) is 4.18. The van der Waals surface area contributed by atoms with Crippen LogP contribution in [0.15, 0.2) is 0 Å². The van der Waals surface area contributed by atoms with Gasteiger partial charge in [-0.1, -0.05) is 0 Å². The molecule has 4 nitrogen and oxygen atoms in total. The smallest absolute Gasteiger partial charge is 0.303 e. The van der Waals surface area contributed by atoms with Gasteiger partial charge in [-0.2, -0.15) is 0 Å². The second kappa shape index (κ2) is 5.19. The van der Waals surface area contributed by atoms with Crippen molar-refractivity contribution >= 4 is 5.97 Å². The molecule has 0 aromatic carbocycles. The Labute approximate surface area is 78.5 Å². The predicted octanol–water partition coefficient (Wildman–Crippen LogP) is 0.178. The molecule has 1 rings (SSSR count). The lowest BCUT2D eigenvalue weighted by Crippen LogP contribution is -2.30. The zero-order valence-corrected chi connectivity index (χ0v) is 7.83. The molecule has 0 bridgehead atoms. The average molecular weight is 186 g/mol. The molecule has 4 heteroatoms. The molecule has 0 aromatic heterocycles. The maximum absolute atomic E-state index is 10.4. The molecule has 0 aromatic rings. The maximum Gasteiger partial charge on any atom is 0.303 e. The van der Waals surface area contributed by atoms with E-state index >= 15 is 0 Å². The Morgan fingerprint density at radius 1 is 1.46 bits per heavy atom. The molecule has 0 radical (unpaired) electrons. The van der Waals surface area contributed by atoms with Crippen LogP contribution in [-0.2, 0) is 4.79 Å². The molecule has 0 aliphatic carbocycles. The van der Waals surface area contributed by atoms with Crippen molar-refractivity contribution in [2.75, 3.05) is 13.1 Å². The zero-order chi connectivity index (χ0) is 9.68. The van der Waals surface area contributed by atoms with Crippen molar-refractivity contribution in [2.45, 2.75) is 31.7 Å². The highest BCUT2D eigenvalue weighted by Crippen LogP contribution is 2.18. The van der Waals surface area contributed by atoms with Gasteiger partial charge in [-0.25, -0.2) is 0 Å². The van der Waals surface area contributed by atoms with Crippen LogP contribution in [0.25, 0.3) is 0 Å². The van der Waals surface area contributed by atoms with E-state index in [1.807, 2.05) is 0 Å². The molecule has 1 heterocycles. The Balaban J connectivity index is 2.31. The summed E-state index contributed by atoms with van der Waals surface area (Å²) in [6.45, 7) is 1.93. The molecule has 2 atom stereocenters. The third-order valence-electron chi connectivity index (χ3n) is 2.68. The van der Waals surface area contributed by atoms with Gasteiger partial charge < -0.3 is 16.2 Å². The molecule has 13 heavy (non-hydrogen) atoms. The van der Waals surface area contributed by atoms with E-state index < -0.39 is 5.97 Å². The molecule has 1 fully saturated rings. The molecule has 0 saturated carbocycles. The van der Waals surface area contributed by atoms with Gasteiger partial charge in [0.15, 0.2) is 0 Å². The fraction of sp³-hybridized carbons (Fsp3) is 0.889. The van der Waals surface area contributed by atoms with Gasteiger partial charge in [0.25, 0.3) is 0 Å². The van der Waals surface area contributed by atoms with Crippen molar-refractivity contribution in [3.05, 3.63) is 0 Å². The van der Waals surface area contributed by atoms with Crippen LogP contribution in [0.2, 0.25) is 0 Å². The minimum Gasteiger partial charge on any atom is -0.481 e. The largest absolute Gasteiger partial charge is 0.481 e. The van der Waals surface area contributed by atoms with E-state index in [1.54, 1.807) is 0 Å². The first kappa shape index (κ1) is 10.5. The summed E-state index contributed by atoms with van der Waals surface area (Å²) in [4.78, 5) is 10.4. The lowest BCUT2D eigenvalue weighted by Gasteiger charge is -2.19. The third kappa shape index (κ3) is 3.74. The van der Waals surface area contributed by atoms with Gasteiger partial charge in [0.05, 0.1) is 0 Å². The number of hydrogen-bond donors (Lipinski definition) is 3. The number of carboxylic acids is 1. The highest BCUT2D eigenvalue weighted by molar-refractivity contribution is 5.66. The number of carboxylic acid groups (broad SMARTS) is 1. The lowest BCUT2D eigenvalue weighted by atomic mass is 9.91. The molecule has 4 N–H and O–H groups in total. The predicted molar refractivity (Wildman–Crippen MR) is 50.4 cm³/mol. The van der Waals surface area contributed by atoms with E-state index in [2.05, 4.69) is 5.32 Å². The van der Waals surface area contributed by atoms with Crippen molar-refractivity contribution in [2.24, 2.45) is 11.7 Å². The molecule has 0 spiro atoms. The SMILES string of the molecule is N[C@H]1CCNCC[C@@H]1CCC(=O)O. The van der Waals surface area contributed by atoms with Crippen molar-refractivity contribution in [3.63, 3.8) is 0 Å². The molecule has 1 saturated heterocycles. The fourth-order valence-electron chi connectivity index (χ4n) is 1.80. The van der Waals surface area contributed by atoms with Gasteiger partial charge in [0.1, 0.15) is 0 Å². The number of nitrogens with one attached hydrogen (secondary N) is 1. The van der Waals surface area contributed by atoms with Gasteiger partial charge in [0.2, 0.25) is 0 Å². The molecule has 0 unspecified atom stereocenters. The Bertz CT molecular complexity index is 173. The first-order valence-electron chi connectivity index (χ1n) is 4.88. The Morgan fingerprint density at radius 2 is 2.15 bits per heavy atom. The van der Waals surface area contributed by atoms with Crippen molar-refractivity contribution in [3.8, 4) is 0 Å². The van der Waals surface area contributed by atoms with E-state index in [4.69, 9.17) is 10.8 Å². The molecule has 76 valence electrons. The lowest BCUT2D eigenvalue weighted by molar-refractivity contribution is -0.137. The van der Waals surface area contributed by atoms with E-state index in [-0.39, 0.29) is 12.5 Å². The van der Waals surface area contributed by atoms with Crippen LogP contribution >= 0.6 is 0 Å². The van der Waals surface area contributed by atoms with Gasteiger partial charge in [-0.3, -0.25) is 4.79 Å². The van der Waals surface area contributed by atoms with Crippen molar-refractivity contribution in [1.82, 2.24) is 5.32 Å². The highest BCUT2D eigenvalue weighted by atomic mass is 16.4. The number of carbonyl (C=O) groups is 1. The number of nitrogens with two attached hydrogens (primary N) is 1. The van der Waals surface area contributed by atoms with Crippen LogP contribution in [-0.4, -0.2) is 30.2 Å². The molecular weight excluding hydrogens is 168 g/mol. The van der Waals surface area contributed by atoms with Gasteiger partial charge in [-0.15, -0.1) is 0 Å². The molecule has 1 aliphatic heterocycles. The van der Waals surface area contributed by atoms with Gasteiger partial charge >= 0.3 is 5.97 Å². The average Bonchev–Trinajstić information content (AvgIpc) is 2.27. The normalized spacial score (nSPS) is 29.6. The third-order valence-corrected chi connectivity index (χ3v) is 2.68. The first-order chi connectivity index (χ1) is 6.20. The second-order valence-electron chi connectivity index (χ2n) is 3.68. The summed E-state index contributed by atoms with van der Waals surface area (Å²) in [5.41, 5.74) is 5.93. The topological polar surface area (TPSA) is 75.3 Å². The Hall–Kier alpha value is -0.610. The van der Waals surface area contributed by atoms with E-state index in [0.29, 0.717) is 5.92 Å². The quantitative estimate of drug-likeness (QED) is 0.587. The van der Waals surface area contributed by atoms with E-state index in [9.17, 15) is 4.79 Å². The number of hydrogen-bond acceptors (Lipinski definition) is 3. The van der Waals surface area contributed by atoms with Gasteiger partial charge in [-0.05, 0) is 38.3 Å². The minimum absolute atomic E-state index is 0.175. The monoisotopic (exact) mass is 186 g/mol. The number of rotatable bonds is 3. The summed E-state index contributed by atoms with van der Waals surface area (Å²) >= 11 is 0. The fourth-order valence-corrected chi connectivity index (χ4v) is 1.80. The van der Waals surface area contributed by atoms with Crippen LogP contribution in [0, 0.1) is 5.92 Å². The summed E-state index contributed by atoms with van der Waals surface area (Å²) in [5.74, 6) is -0.337. The molecular formula is C9H18N2O2. The summed E-state index contributed by atoms with van der Waals surface area (Å²) in [7, 11) is 0. The Morgan fingerprint density at radius 3 is 2.85 bits per heavy atom. The molecule has 1 aliphatic rings. The zero-order valence-electron chi connectivity index (χ0n) is 7.83. The number of aliphatic carboxylic acids is 1. The van der Waals surface area contributed by atoms with Crippen LogP contribution in [0.1, 0.15) is 25.7 Å². The van der Waals surface area contributed by atoms with Gasteiger partial charge in [0, 0.05) is 12.5 Å². The summed E-state index contributed by atoms with van der Waals surface area (Å²) < 4.78 is 0. The van der Waals surface area contributed by atoms with Crippen molar-refractivity contribution in [1.29, 1.82) is 0 Å². The van der Waals surface area contributed by atoms with Crippen LogP contribution in [0.5, 0.6) is 0 Å². The summed E-state index contributed by atoms with van der Waals surface area (Å²) in [6.07, 6.45) is 2.94. The van der Waals surface area contributed by atoms with Crippen LogP contribution in [0.3, 0.4) is 0 Å². The molecule has 0 amide bonds. The minimum atomic E-state index is -0.718. The summed E-state index contributed by atoms with van der Waals surface area (Å²) in [5, 5.41) is 11.8. The highest BCUT2D eigenvalue weighted by Gasteiger charge is 2.20. The standard InChI is InChI=1S/C9H18N2O2/c10-8-4-6-11-5-3-7(8)1-2-9(12)13/h7-8,11H,1-6,10H2,(H,12,13)/t7-,8-/m0/s1.